The molecule has 102 valence electrons. The van der Waals surface area contributed by atoms with E-state index in [1.54, 1.807) is 10.6 Å². The van der Waals surface area contributed by atoms with Gasteiger partial charge in [0.25, 0.3) is 0 Å². The van der Waals surface area contributed by atoms with Gasteiger partial charge < -0.3 is 10.0 Å². The molecule has 5 nitrogen and oxygen atoms in total. The molecule has 0 radical (unpaired) electrons. The molecule has 2 aromatic rings. The van der Waals surface area contributed by atoms with Crippen molar-refractivity contribution in [3.8, 4) is 0 Å². The molecule has 0 unspecified atom stereocenters. The number of hydrogen-bond donors (Lipinski definition) is 1. The molecule has 1 saturated heterocycles. The Morgan fingerprint density at radius 3 is 2.58 bits per heavy atom. The van der Waals surface area contributed by atoms with E-state index >= 15 is 0 Å². The maximum Gasteiger partial charge on any atom is 0.356 e. The van der Waals surface area contributed by atoms with Crippen molar-refractivity contribution in [3.05, 3.63) is 17.3 Å². The topological polar surface area (TPSA) is 57.8 Å². The van der Waals surface area contributed by atoms with Gasteiger partial charge in [-0.2, -0.15) is 0 Å². The van der Waals surface area contributed by atoms with E-state index < -0.39 is 5.97 Å². The number of carboxylic acids is 1. The minimum atomic E-state index is -0.900. The number of nitrogens with zero attached hydrogens (tertiary/aromatic N) is 3. The van der Waals surface area contributed by atoms with Crippen LogP contribution in [0.25, 0.3) is 4.96 Å². The summed E-state index contributed by atoms with van der Waals surface area (Å²) in [5.41, 5.74) is 0.303. The highest BCUT2D eigenvalue weighted by Crippen LogP contribution is 2.26. The fourth-order valence-corrected chi connectivity index (χ4v) is 3.36. The average Bonchev–Trinajstić information content (AvgIpc) is 2.87. The van der Waals surface area contributed by atoms with E-state index in [4.69, 9.17) is 0 Å². The molecule has 0 saturated carbocycles. The second-order valence-electron chi connectivity index (χ2n) is 4.90. The SMILES string of the molecule is O=C(O)c1c(N2CCCCCCC2)nc2sccn12. The van der Waals surface area contributed by atoms with Gasteiger partial charge in [-0.3, -0.25) is 4.40 Å². The van der Waals surface area contributed by atoms with Crippen LogP contribution in [0.2, 0.25) is 0 Å². The summed E-state index contributed by atoms with van der Waals surface area (Å²) in [6.45, 7) is 1.82. The van der Waals surface area contributed by atoms with Gasteiger partial charge in [-0.25, -0.2) is 9.78 Å². The Morgan fingerprint density at radius 1 is 1.21 bits per heavy atom. The van der Waals surface area contributed by atoms with Crippen LogP contribution in [0.4, 0.5) is 5.82 Å². The van der Waals surface area contributed by atoms with Gasteiger partial charge >= 0.3 is 5.97 Å². The van der Waals surface area contributed by atoms with E-state index in [1.165, 1.54) is 30.6 Å². The van der Waals surface area contributed by atoms with Gasteiger partial charge in [0.05, 0.1) is 0 Å². The summed E-state index contributed by atoms with van der Waals surface area (Å²) in [4.78, 5) is 18.9. The third kappa shape index (κ3) is 2.32. The minimum absolute atomic E-state index is 0.303. The Balaban J connectivity index is 1.99. The Kier molecular flexibility index (Phi) is 3.42. The number of carboxylic acid groups (broad SMARTS) is 1. The molecule has 2 aromatic heterocycles. The third-order valence-corrected chi connectivity index (χ3v) is 4.36. The first-order valence-corrected chi connectivity index (χ1v) is 7.59. The molecule has 1 N–H and O–H groups in total. The Labute approximate surface area is 115 Å². The number of carbonyl (C=O) groups is 1. The lowest BCUT2D eigenvalue weighted by Gasteiger charge is -2.25. The van der Waals surface area contributed by atoms with E-state index in [1.807, 2.05) is 5.38 Å². The molecule has 6 heteroatoms. The van der Waals surface area contributed by atoms with Crippen LogP contribution in [0.1, 0.15) is 42.6 Å². The van der Waals surface area contributed by atoms with Crippen molar-refractivity contribution >= 4 is 28.1 Å². The molecule has 0 atom stereocenters. The number of anilines is 1. The van der Waals surface area contributed by atoms with Crippen molar-refractivity contribution in [3.63, 3.8) is 0 Å². The summed E-state index contributed by atoms with van der Waals surface area (Å²) >= 11 is 1.47. The van der Waals surface area contributed by atoms with E-state index in [2.05, 4.69) is 9.88 Å². The number of aromatic carboxylic acids is 1. The van der Waals surface area contributed by atoms with Gasteiger partial charge in [0.15, 0.2) is 16.5 Å². The average molecular weight is 279 g/mol. The van der Waals surface area contributed by atoms with Gasteiger partial charge in [0.2, 0.25) is 0 Å². The van der Waals surface area contributed by atoms with Crippen LogP contribution in [-0.2, 0) is 0 Å². The molecule has 1 aliphatic rings. The molecule has 3 heterocycles. The molecular weight excluding hydrogens is 262 g/mol. The summed E-state index contributed by atoms with van der Waals surface area (Å²) in [5.74, 6) is -0.260. The van der Waals surface area contributed by atoms with Crippen molar-refractivity contribution in [2.24, 2.45) is 0 Å². The van der Waals surface area contributed by atoms with Gasteiger partial charge in [0, 0.05) is 24.7 Å². The molecule has 0 amide bonds. The van der Waals surface area contributed by atoms with Gasteiger partial charge in [0.1, 0.15) is 0 Å². The van der Waals surface area contributed by atoms with Crippen LogP contribution in [-0.4, -0.2) is 33.6 Å². The molecule has 0 bridgehead atoms. The lowest BCUT2D eigenvalue weighted by Crippen LogP contribution is -2.29. The van der Waals surface area contributed by atoms with Crippen molar-refractivity contribution in [1.29, 1.82) is 0 Å². The molecular formula is C13H17N3O2S. The number of thiazole rings is 1. The third-order valence-electron chi connectivity index (χ3n) is 3.60. The smallest absolute Gasteiger partial charge is 0.356 e. The van der Waals surface area contributed by atoms with Crippen LogP contribution in [0.5, 0.6) is 0 Å². The second kappa shape index (κ2) is 5.21. The van der Waals surface area contributed by atoms with Crippen molar-refractivity contribution < 1.29 is 9.90 Å². The standard InChI is InChI=1S/C13H17N3O2S/c17-12(18)10-11(14-13-16(10)8-9-19-13)15-6-4-2-1-3-5-7-15/h8-9H,1-7H2,(H,17,18). The molecule has 0 aliphatic carbocycles. The van der Waals surface area contributed by atoms with Crippen LogP contribution >= 0.6 is 11.3 Å². The van der Waals surface area contributed by atoms with Crippen molar-refractivity contribution in [2.75, 3.05) is 18.0 Å². The number of rotatable bonds is 2. The van der Waals surface area contributed by atoms with Crippen LogP contribution in [0.3, 0.4) is 0 Å². The van der Waals surface area contributed by atoms with Gasteiger partial charge in [-0.05, 0) is 12.8 Å². The van der Waals surface area contributed by atoms with Crippen molar-refractivity contribution in [1.82, 2.24) is 9.38 Å². The zero-order valence-electron chi connectivity index (χ0n) is 10.7. The Hall–Kier alpha value is -1.56. The Morgan fingerprint density at radius 2 is 1.89 bits per heavy atom. The van der Waals surface area contributed by atoms with Crippen LogP contribution in [0.15, 0.2) is 11.6 Å². The molecule has 0 aromatic carbocycles. The van der Waals surface area contributed by atoms with E-state index in [-0.39, 0.29) is 0 Å². The second-order valence-corrected chi connectivity index (χ2v) is 5.77. The fraction of sp³-hybridized carbons (Fsp3) is 0.538. The highest BCUT2D eigenvalue weighted by atomic mass is 32.1. The quantitative estimate of drug-likeness (QED) is 0.918. The maximum atomic E-state index is 11.5. The minimum Gasteiger partial charge on any atom is -0.476 e. The number of hydrogen-bond acceptors (Lipinski definition) is 4. The molecule has 19 heavy (non-hydrogen) atoms. The zero-order valence-corrected chi connectivity index (χ0v) is 11.5. The summed E-state index contributed by atoms with van der Waals surface area (Å²) in [5, 5.41) is 11.3. The fourth-order valence-electron chi connectivity index (χ4n) is 2.65. The number of fused-ring (bicyclic) bond motifs is 1. The van der Waals surface area contributed by atoms with Gasteiger partial charge in [-0.15, -0.1) is 11.3 Å². The van der Waals surface area contributed by atoms with Crippen LogP contribution < -0.4 is 4.90 Å². The molecule has 1 fully saturated rings. The summed E-state index contributed by atoms with van der Waals surface area (Å²) < 4.78 is 1.68. The summed E-state index contributed by atoms with van der Waals surface area (Å²) in [6, 6.07) is 0. The number of imidazole rings is 1. The molecule has 3 rings (SSSR count). The predicted octanol–water partition coefficient (Wildman–Crippen LogP) is 2.86. The zero-order chi connectivity index (χ0) is 13.2. The summed E-state index contributed by atoms with van der Waals surface area (Å²) in [7, 11) is 0. The van der Waals surface area contributed by atoms with Crippen molar-refractivity contribution in [2.45, 2.75) is 32.1 Å². The lowest BCUT2D eigenvalue weighted by molar-refractivity contribution is 0.0690. The molecule has 0 spiro atoms. The van der Waals surface area contributed by atoms with E-state index in [0.717, 1.165) is 30.9 Å². The normalized spacial score (nSPS) is 17.4. The first-order valence-electron chi connectivity index (χ1n) is 6.71. The highest BCUT2D eigenvalue weighted by molar-refractivity contribution is 7.15. The lowest BCUT2D eigenvalue weighted by atomic mass is 10.1. The predicted molar refractivity (Wildman–Crippen MR) is 75.3 cm³/mol. The first-order chi connectivity index (χ1) is 9.27. The van der Waals surface area contributed by atoms with Gasteiger partial charge in [-0.1, -0.05) is 19.3 Å². The van der Waals surface area contributed by atoms with Crippen LogP contribution in [0, 0.1) is 0 Å². The summed E-state index contributed by atoms with van der Waals surface area (Å²) in [6.07, 6.45) is 7.75. The van der Waals surface area contributed by atoms with E-state index in [9.17, 15) is 9.90 Å². The Bertz CT molecular complexity index is 582. The number of aromatic nitrogens is 2. The monoisotopic (exact) mass is 279 g/mol. The molecule has 1 aliphatic heterocycles. The largest absolute Gasteiger partial charge is 0.476 e. The van der Waals surface area contributed by atoms with E-state index in [0.29, 0.717) is 11.5 Å². The highest BCUT2D eigenvalue weighted by Gasteiger charge is 2.24. The first kappa shape index (κ1) is 12.5. The maximum absolute atomic E-state index is 11.5.